The molecule has 5 heteroatoms. The van der Waals surface area contributed by atoms with Gasteiger partial charge < -0.3 is 10.4 Å². The molecule has 2 N–H and O–H groups in total. The highest BCUT2D eigenvalue weighted by Crippen LogP contribution is 2.22. The number of nitrogens with one attached hydrogen (secondary N) is 1. The van der Waals surface area contributed by atoms with E-state index in [2.05, 4.69) is 22.2 Å². The minimum Gasteiger partial charge on any atom is -0.392 e. The van der Waals surface area contributed by atoms with Gasteiger partial charge in [0.1, 0.15) is 17.3 Å². The van der Waals surface area contributed by atoms with Crippen molar-refractivity contribution in [2.75, 3.05) is 5.32 Å². The van der Waals surface area contributed by atoms with E-state index < -0.39 is 0 Å². The van der Waals surface area contributed by atoms with Crippen LogP contribution in [-0.2, 0) is 19.6 Å². The molecule has 0 aliphatic rings. The van der Waals surface area contributed by atoms with Crippen LogP contribution in [-0.4, -0.2) is 15.1 Å². The highest BCUT2D eigenvalue weighted by molar-refractivity contribution is 6.30. The fraction of sp³-hybridized carbons (Fsp3) is 0.333. The lowest BCUT2D eigenvalue weighted by Gasteiger charge is -2.11. The number of aliphatic hydroxyl groups is 1. The molecule has 4 nitrogen and oxygen atoms in total. The predicted molar refractivity (Wildman–Crippen MR) is 80.7 cm³/mol. The summed E-state index contributed by atoms with van der Waals surface area (Å²) in [5.74, 6) is 0.790. The molecule has 2 rings (SSSR count). The van der Waals surface area contributed by atoms with E-state index in [-0.39, 0.29) is 6.61 Å². The van der Waals surface area contributed by atoms with Crippen LogP contribution >= 0.6 is 11.6 Å². The Labute approximate surface area is 123 Å². The lowest BCUT2D eigenvalue weighted by molar-refractivity contribution is 0.282. The zero-order valence-electron chi connectivity index (χ0n) is 11.4. The SMILES string of the molecule is CCCc1c(Cl)ncnc1NCc1ccc(CO)cc1. The second-order valence-electron chi connectivity index (χ2n) is 4.57. The van der Waals surface area contributed by atoms with Crippen molar-refractivity contribution in [3.05, 3.63) is 52.4 Å². The second kappa shape index (κ2) is 7.22. The van der Waals surface area contributed by atoms with Gasteiger partial charge >= 0.3 is 0 Å². The Bertz CT molecular complexity index is 558. The maximum atomic E-state index is 9.02. The standard InChI is InChI=1S/C15H18ClN3O/c1-2-3-13-14(16)18-10-19-15(13)17-8-11-4-6-12(9-20)7-5-11/h4-7,10,20H,2-3,8-9H2,1H3,(H,17,18,19). The van der Waals surface area contributed by atoms with Crippen LogP contribution in [0, 0.1) is 0 Å². The van der Waals surface area contributed by atoms with Crippen LogP contribution in [0.1, 0.15) is 30.0 Å². The van der Waals surface area contributed by atoms with Gasteiger partial charge in [0.15, 0.2) is 0 Å². The third-order valence-corrected chi connectivity index (χ3v) is 3.38. The van der Waals surface area contributed by atoms with E-state index in [1.54, 1.807) is 0 Å². The van der Waals surface area contributed by atoms with Crippen LogP contribution in [0.25, 0.3) is 0 Å². The van der Waals surface area contributed by atoms with Gasteiger partial charge in [0.05, 0.1) is 6.61 Å². The summed E-state index contributed by atoms with van der Waals surface area (Å²) in [7, 11) is 0. The largest absolute Gasteiger partial charge is 0.392 e. The summed E-state index contributed by atoms with van der Waals surface area (Å²) in [6.45, 7) is 2.83. The first kappa shape index (κ1) is 14.8. The molecule has 20 heavy (non-hydrogen) atoms. The van der Waals surface area contributed by atoms with E-state index in [0.717, 1.165) is 35.3 Å². The van der Waals surface area contributed by atoms with Gasteiger partial charge in [0.2, 0.25) is 0 Å². The van der Waals surface area contributed by atoms with Crippen LogP contribution < -0.4 is 5.32 Å². The molecule has 106 valence electrons. The summed E-state index contributed by atoms with van der Waals surface area (Å²) in [4.78, 5) is 8.28. The summed E-state index contributed by atoms with van der Waals surface area (Å²) < 4.78 is 0. The van der Waals surface area contributed by atoms with Gasteiger partial charge in [0, 0.05) is 12.1 Å². The van der Waals surface area contributed by atoms with Crippen molar-refractivity contribution in [1.29, 1.82) is 0 Å². The number of nitrogens with zero attached hydrogens (tertiary/aromatic N) is 2. The number of hydrogen-bond donors (Lipinski definition) is 2. The summed E-state index contributed by atoms with van der Waals surface area (Å²) in [6, 6.07) is 7.80. The Morgan fingerprint density at radius 1 is 1.15 bits per heavy atom. The van der Waals surface area contributed by atoms with Gasteiger partial charge in [-0.05, 0) is 17.5 Å². The lowest BCUT2D eigenvalue weighted by Crippen LogP contribution is -2.06. The first-order valence-corrected chi connectivity index (χ1v) is 7.04. The molecule has 0 aliphatic carbocycles. The molecule has 1 heterocycles. The van der Waals surface area contributed by atoms with E-state index in [9.17, 15) is 0 Å². The van der Waals surface area contributed by atoms with Crippen molar-refractivity contribution in [3.8, 4) is 0 Å². The average Bonchev–Trinajstić information content (AvgIpc) is 2.48. The second-order valence-corrected chi connectivity index (χ2v) is 4.93. The Morgan fingerprint density at radius 3 is 2.50 bits per heavy atom. The van der Waals surface area contributed by atoms with E-state index in [1.807, 2.05) is 24.3 Å². The summed E-state index contributed by atoms with van der Waals surface area (Å²) in [5, 5.41) is 12.8. The van der Waals surface area contributed by atoms with Crippen LogP contribution in [0.2, 0.25) is 5.15 Å². The first-order valence-electron chi connectivity index (χ1n) is 6.66. The van der Waals surface area contributed by atoms with Crippen LogP contribution in [0.5, 0.6) is 0 Å². The van der Waals surface area contributed by atoms with Gasteiger partial charge in [0.25, 0.3) is 0 Å². The first-order chi connectivity index (χ1) is 9.74. The van der Waals surface area contributed by atoms with Gasteiger partial charge in [-0.3, -0.25) is 0 Å². The van der Waals surface area contributed by atoms with Crippen LogP contribution in [0.15, 0.2) is 30.6 Å². The van der Waals surface area contributed by atoms with Crippen LogP contribution in [0.4, 0.5) is 5.82 Å². The molecule has 0 bridgehead atoms. The van der Waals surface area contributed by atoms with Gasteiger partial charge in [-0.1, -0.05) is 49.2 Å². The van der Waals surface area contributed by atoms with E-state index in [1.165, 1.54) is 6.33 Å². The molecule has 1 aromatic carbocycles. The topological polar surface area (TPSA) is 58.0 Å². The molecular formula is C15H18ClN3O. The zero-order chi connectivity index (χ0) is 14.4. The monoisotopic (exact) mass is 291 g/mol. The maximum Gasteiger partial charge on any atom is 0.137 e. The minimum atomic E-state index is 0.0654. The van der Waals surface area contributed by atoms with Crippen molar-refractivity contribution in [1.82, 2.24) is 9.97 Å². The minimum absolute atomic E-state index is 0.0654. The zero-order valence-corrected chi connectivity index (χ0v) is 12.2. The molecule has 0 atom stereocenters. The highest BCUT2D eigenvalue weighted by atomic mass is 35.5. The molecule has 0 aliphatic heterocycles. The molecule has 0 radical (unpaired) electrons. The number of benzene rings is 1. The predicted octanol–water partition coefficient (Wildman–Crippen LogP) is 3.19. The Kier molecular flexibility index (Phi) is 5.32. The number of anilines is 1. The molecule has 0 unspecified atom stereocenters. The van der Waals surface area contributed by atoms with Gasteiger partial charge in [-0.25, -0.2) is 9.97 Å². The van der Waals surface area contributed by atoms with E-state index in [4.69, 9.17) is 16.7 Å². The summed E-state index contributed by atoms with van der Waals surface area (Å²) in [6.07, 6.45) is 3.32. The normalized spacial score (nSPS) is 10.6. The number of rotatable bonds is 6. The van der Waals surface area contributed by atoms with Crippen molar-refractivity contribution in [2.45, 2.75) is 32.9 Å². The molecule has 0 amide bonds. The average molecular weight is 292 g/mol. The number of halogens is 1. The van der Waals surface area contributed by atoms with Crippen molar-refractivity contribution >= 4 is 17.4 Å². The van der Waals surface area contributed by atoms with Crippen molar-refractivity contribution in [2.24, 2.45) is 0 Å². The smallest absolute Gasteiger partial charge is 0.137 e. The lowest BCUT2D eigenvalue weighted by atomic mass is 10.1. The van der Waals surface area contributed by atoms with Crippen molar-refractivity contribution < 1.29 is 5.11 Å². The number of aliphatic hydroxyl groups excluding tert-OH is 1. The van der Waals surface area contributed by atoms with E-state index in [0.29, 0.717) is 11.7 Å². The van der Waals surface area contributed by atoms with Crippen molar-refractivity contribution in [3.63, 3.8) is 0 Å². The Hall–Kier alpha value is -1.65. The highest BCUT2D eigenvalue weighted by Gasteiger charge is 2.08. The fourth-order valence-corrected chi connectivity index (χ4v) is 2.19. The number of hydrogen-bond acceptors (Lipinski definition) is 4. The molecule has 0 spiro atoms. The van der Waals surface area contributed by atoms with Gasteiger partial charge in [-0.15, -0.1) is 0 Å². The molecular weight excluding hydrogens is 274 g/mol. The van der Waals surface area contributed by atoms with Gasteiger partial charge in [-0.2, -0.15) is 0 Å². The summed E-state index contributed by atoms with van der Waals surface area (Å²) >= 11 is 6.11. The quantitative estimate of drug-likeness (QED) is 0.803. The Morgan fingerprint density at radius 2 is 1.85 bits per heavy atom. The number of aromatic nitrogens is 2. The Balaban J connectivity index is 2.08. The third-order valence-electron chi connectivity index (χ3n) is 3.06. The fourth-order valence-electron chi connectivity index (χ4n) is 1.96. The molecule has 2 aromatic rings. The molecule has 0 saturated carbocycles. The van der Waals surface area contributed by atoms with Crippen LogP contribution in [0.3, 0.4) is 0 Å². The molecule has 0 saturated heterocycles. The molecule has 1 aromatic heterocycles. The molecule has 0 fully saturated rings. The summed E-state index contributed by atoms with van der Waals surface area (Å²) in [5.41, 5.74) is 2.99. The van der Waals surface area contributed by atoms with E-state index >= 15 is 0 Å². The third kappa shape index (κ3) is 3.68. The maximum absolute atomic E-state index is 9.02.